The zero-order valence-corrected chi connectivity index (χ0v) is 10.2. The predicted molar refractivity (Wildman–Crippen MR) is 63.7 cm³/mol. The molecule has 0 heterocycles. The Labute approximate surface area is 93.6 Å². The number of hydrogen-bond acceptors (Lipinski definition) is 3. The van der Waals surface area contributed by atoms with Crippen molar-refractivity contribution in [1.82, 2.24) is 4.90 Å². The van der Waals surface area contributed by atoms with Gasteiger partial charge in [0, 0.05) is 18.6 Å². The van der Waals surface area contributed by atoms with Crippen LogP contribution in [0.4, 0.5) is 0 Å². The first-order valence-electron chi connectivity index (χ1n) is 6.25. The van der Waals surface area contributed by atoms with Gasteiger partial charge in [-0.1, -0.05) is 13.3 Å². The Hall–Kier alpha value is -0.120. The topological polar surface area (TPSA) is 49.5 Å². The molecule has 1 saturated carbocycles. The quantitative estimate of drug-likeness (QED) is 0.723. The highest BCUT2D eigenvalue weighted by Crippen LogP contribution is 2.29. The monoisotopic (exact) mass is 214 g/mol. The molecule has 0 aromatic carbocycles. The van der Waals surface area contributed by atoms with Gasteiger partial charge in [-0.15, -0.1) is 0 Å². The Morgan fingerprint density at radius 3 is 2.33 bits per heavy atom. The summed E-state index contributed by atoms with van der Waals surface area (Å²) < 4.78 is 0. The summed E-state index contributed by atoms with van der Waals surface area (Å²) in [7, 11) is 2.10. The Bertz CT molecular complexity index is 163. The summed E-state index contributed by atoms with van der Waals surface area (Å²) in [5.74, 6) is 0.931. The number of aliphatic hydroxyl groups excluding tert-OH is 1. The Kier molecular flexibility index (Phi) is 5.58. The van der Waals surface area contributed by atoms with Gasteiger partial charge in [0.2, 0.25) is 0 Å². The van der Waals surface area contributed by atoms with Crippen LogP contribution in [-0.4, -0.2) is 42.3 Å². The molecule has 1 atom stereocenters. The molecule has 0 amide bonds. The summed E-state index contributed by atoms with van der Waals surface area (Å²) in [6.07, 6.45) is 6.54. The molecule has 0 aromatic rings. The summed E-state index contributed by atoms with van der Waals surface area (Å²) in [5.41, 5.74) is 5.64. The van der Waals surface area contributed by atoms with Crippen LogP contribution >= 0.6 is 0 Å². The van der Waals surface area contributed by atoms with Crippen LogP contribution in [0.15, 0.2) is 0 Å². The molecular formula is C12H26N2O. The normalized spacial score (nSPS) is 29.4. The maximum Gasteiger partial charge on any atom is 0.0599 e. The van der Waals surface area contributed by atoms with Crippen LogP contribution in [0.1, 0.15) is 39.0 Å². The van der Waals surface area contributed by atoms with Gasteiger partial charge in [0.15, 0.2) is 0 Å². The van der Waals surface area contributed by atoms with E-state index in [0.29, 0.717) is 12.6 Å². The molecule has 1 unspecified atom stereocenters. The highest BCUT2D eigenvalue weighted by atomic mass is 16.3. The fraction of sp³-hybridized carbons (Fsp3) is 1.00. The first kappa shape index (κ1) is 12.9. The number of nitrogens with two attached hydrogens (primary N) is 1. The van der Waals surface area contributed by atoms with Crippen molar-refractivity contribution in [3.05, 3.63) is 0 Å². The molecule has 0 aromatic heterocycles. The zero-order chi connectivity index (χ0) is 11.3. The van der Waals surface area contributed by atoms with Crippen molar-refractivity contribution in [3.63, 3.8) is 0 Å². The van der Waals surface area contributed by atoms with Gasteiger partial charge in [0.05, 0.1) is 6.61 Å². The molecule has 0 radical (unpaired) electrons. The highest BCUT2D eigenvalue weighted by molar-refractivity contribution is 4.81. The van der Waals surface area contributed by atoms with E-state index in [1.165, 1.54) is 32.1 Å². The van der Waals surface area contributed by atoms with Crippen LogP contribution < -0.4 is 5.73 Å². The van der Waals surface area contributed by atoms with E-state index in [1.54, 1.807) is 0 Å². The maximum absolute atomic E-state index is 9.20. The third-order valence-corrected chi connectivity index (χ3v) is 4.03. The molecule has 3 nitrogen and oxygen atoms in total. The highest BCUT2D eigenvalue weighted by Gasteiger charge is 2.26. The molecule has 1 aliphatic rings. The lowest BCUT2D eigenvalue weighted by atomic mass is 9.83. The average Bonchev–Trinajstić information content (AvgIpc) is 2.30. The van der Waals surface area contributed by atoms with Crippen molar-refractivity contribution in [3.8, 4) is 0 Å². The number of rotatable bonds is 5. The van der Waals surface area contributed by atoms with E-state index >= 15 is 0 Å². The Balaban J connectivity index is 2.38. The lowest BCUT2D eigenvalue weighted by Crippen LogP contribution is -2.47. The second-order valence-electron chi connectivity index (χ2n) is 4.82. The van der Waals surface area contributed by atoms with E-state index in [2.05, 4.69) is 18.9 Å². The molecular weight excluding hydrogens is 188 g/mol. The third-order valence-electron chi connectivity index (χ3n) is 4.03. The molecule has 15 heavy (non-hydrogen) atoms. The van der Waals surface area contributed by atoms with Gasteiger partial charge >= 0.3 is 0 Å². The molecule has 0 spiro atoms. The van der Waals surface area contributed by atoms with Crippen molar-refractivity contribution < 1.29 is 5.11 Å². The summed E-state index contributed by atoms with van der Waals surface area (Å²) in [4.78, 5) is 2.28. The molecule has 0 bridgehead atoms. The van der Waals surface area contributed by atoms with Crippen LogP contribution in [-0.2, 0) is 0 Å². The van der Waals surface area contributed by atoms with Crippen LogP contribution in [0.25, 0.3) is 0 Å². The first-order chi connectivity index (χ1) is 7.22. The number of nitrogens with zero attached hydrogens (tertiary/aromatic N) is 1. The number of aliphatic hydroxyl groups is 1. The summed E-state index contributed by atoms with van der Waals surface area (Å²) in [6, 6.07) is 0.779. The molecule has 1 rings (SSSR count). The van der Waals surface area contributed by atoms with Crippen LogP contribution in [0.2, 0.25) is 0 Å². The second-order valence-corrected chi connectivity index (χ2v) is 4.82. The Morgan fingerprint density at radius 1 is 1.33 bits per heavy atom. The molecule has 1 fully saturated rings. The molecule has 0 aliphatic heterocycles. The minimum Gasteiger partial charge on any atom is -0.395 e. The minimum absolute atomic E-state index is 0.146. The van der Waals surface area contributed by atoms with Crippen molar-refractivity contribution in [2.45, 2.75) is 51.1 Å². The fourth-order valence-corrected chi connectivity index (χ4v) is 2.63. The van der Waals surface area contributed by atoms with E-state index < -0.39 is 0 Å². The summed E-state index contributed by atoms with van der Waals surface area (Å²) in [6.45, 7) is 3.02. The standard InChI is InChI=1S/C12H26N2O/c1-3-10-4-6-11(7-5-10)14(2)12(8-13)9-15/h10-12,15H,3-9,13H2,1-2H3. The average molecular weight is 214 g/mol. The first-order valence-corrected chi connectivity index (χ1v) is 6.25. The van der Waals surface area contributed by atoms with Crippen molar-refractivity contribution in [1.29, 1.82) is 0 Å². The zero-order valence-electron chi connectivity index (χ0n) is 10.2. The molecule has 0 saturated heterocycles. The van der Waals surface area contributed by atoms with Gasteiger partial charge in [-0.3, -0.25) is 4.90 Å². The second kappa shape index (κ2) is 6.46. The van der Waals surface area contributed by atoms with E-state index in [9.17, 15) is 5.11 Å². The smallest absolute Gasteiger partial charge is 0.0599 e. The van der Waals surface area contributed by atoms with E-state index in [1.807, 2.05) is 0 Å². The van der Waals surface area contributed by atoms with Crippen molar-refractivity contribution in [2.24, 2.45) is 11.7 Å². The molecule has 1 aliphatic carbocycles. The van der Waals surface area contributed by atoms with Crippen LogP contribution in [0.5, 0.6) is 0 Å². The maximum atomic E-state index is 9.20. The lowest BCUT2D eigenvalue weighted by Gasteiger charge is -2.38. The molecule has 3 N–H and O–H groups in total. The Morgan fingerprint density at radius 2 is 1.93 bits per heavy atom. The predicted octanol–water partition coefficient (Wildman–Crippen LogP) is 1.21. The van der Waals surface area contributed by atoms with Gasteiger partial charge in [0.1, 0.15) is 0 Å². The fourth-order valence-electron chi connectivity index (χ4n) is 2.63. The van der Waals surface area contributed by atoms with E-state index in [4.69, 9.17) is 5.73 Å². The molecule has 90 valence electrons. The number of likely N-dealkylation sites (N-methyl/N-ethyl adjacent to an activating group) is 1. The SMILES string of the molecule is CCC1CCC(N(C)C(CN)CO)CC1. The lowest BCUT2D eigenvalue weighted by molar-refractivity contribution is 0.0836. The van der Waals surface area contributed by atoms with Crippen LogP contribution in [0.3, 0.4) is 0 Å². The largest absolute Gasteiger partial charge is 0.395 e. The van der Waals surface area contributed by atoms with Crippen molar-refractivity contribution in [2.75, 3.05) is 20.2 Å². The van der Waals surface area contributed by atoms with Crippen molar-refractivity contribution >= 4 is 0 Å². The number of hydrogen-bond donors (Lipinski definition) is 2. The van der Waals surface area contributed by atoms with Crippen LogP contribution in [0, 0.1) is 5.92 Å². The molecule has 3 heteroatoms. The van der Waals surface area contributed by atoms with E-state index in [0.717, 1.165) is 5.92 Å². The van der Waals surface area contributed by atoms with E-state index in [-0.39, 0.29) is 12.6 Å². The summed E-state index contributed by atoms with van der Waals surface area (Å²) in [5, 5.41) is 9.20. The van der Waals surface area contributed by atoms with Gasteiger partial charge in [-0.25, -0.2) is 0 Å². The van der Waals surface area contributed by atoms with Gasteiger partial charge in [0.25, 0.3) is 0 Å². The van der Waals surface area contributed by atoms with Gasteiger partial charge in [-0.05, 0) is 38.6 Å². The third kappa shape index (κ3) is 3.44. The van der Waals surface area contributed by atoms with Gasteiger partial charge < -0.3 is 10.8 Å². The summed E-state index contributed by atoms with van der Waals surface area (Å²) >= 11 is 0. The van der Waals surface area contributed by atoms with Gasteiger partial charge in [-0.2, -0.15) is 0 Å². The minimum atomic E-state index is 0.146.